The van der Waals surface area contributed by atoms with Crippen LogP contribution in [0.5, 0.6) is 0 Å². The number of rotatable bonds is 3. The number of carbonyl (C=O) groups excluding carboxylic acids is 1. The molecule has 2 bridgehead atoms. The van der Waals surface area contributed by atoms with Crippen molar-refractivity contribution in [2.24, 2.45) is 17.8 Å². The van der Waals surface area contributed by atoms with Gasteiger partial charge in [-0.05, 0) is 63.2 Å². The summed E-state index contributed by atoms with van der Waals surface area (Å²) in [4.78, 5) is 25.9. The third kappa shape index (κ3) is 3.09. The fourth-order valence-corrected chi connectivity index (χ4v) is 4.78. The van der Waals surface area contributed by atoms with E-state index in [0.717, 1.165) is 44.4 Å². The van der Waals surface area contributed by atoms with Crippen molar-refractivity contribution < 1.29 is 14.7 Å². The average molecular weight is 293 g/mol. The zero-order valence-corrected chi connectivity index (χ0v) is 13.0. The van der Waals surface area contributed by atoms with Crippen LogP contribution in [0.15, 0.2) is 0 Å². The standard InChI is InChI=1S/C17H27NO3/c1-11-2-4-13(5-3-11)17(21)18-14-6-7-15(18)9-12(8-14)10-16(19)20/h11-15H,2-10H2,1H3,(H,19,20). The van der Waals surface area contributed by atoms with Crippen LogP contribution in [-0.4, -0.2) is 34.0 Å². The maximum absolute atomic E-state index is 12.9. The molecule has 1 amide bonds. The lowest BCUT2D eigenvalue weighted by atomic mass is 9.81. The number of hydrogen-bond donors (Lipinski definition) is 1. The fraction of sp³-hybridized carbons (Fsp3) is 0.882. The van der Waals surface area contributed by atoms with E-state index in [0.29, 0.717) is 18.0 Å². The van der Waals surface area contributed by atoms with Gasteiger partial charge in [0.2, 0.25) is 5.91 Å². The summed E-state index contributed by atoms with van der Waals surface area (Å²) in [6.45, 7) is 2.28. The molecular formula is C17H27NO3. The number of aliphatic carboxylic acids is 1. The Morgan fingerprint density at radius 1 is 1.00 bits per heavy atom. The summed E-state index contributed by atoms with van der Waals surface area (Å²) in [5.74, 6) is 0.964. The maximum Gasteiger partial charge on any atom is 0.303 e. The Labute approximate surface area is 126 Å². The molecule has 2 saturated heterocycles. The summed E-state index contributed by atoms with van der Waals surface area (Å²) in [7, 11) is 0. The Hall–Kier alpha value is -1.06. The second-order valence-corrected chi connectivity index (χ2v) is 7.52. The third-order valence-corrected chi connectivity index (χ3v) is 5.91. The smallest absolute Gasteiger partial charge is 0.303 e. The molecular weight excluding hydrogens is 266 g/mol. The lowest BCUT2D eigenvalue weighted by Crippen LogP contribution is -2.49. The topological polar surface area (TPSA) is 57.6 Å². The van der Waals surface area contributed by atoms with Gasteiger partial charge in [0.1, 0.15) is 0 Å². The van der Waals surface area contributed by atoms with Gasteiger partial charge < -0.3 is 10.0 Å². The molecule has 3 rings (SSSR count). The number of carbonyl (C=O) groups is 2. The highest BCUT2D eigenvalue weighted by molar-refractivity contribution is 5.80. The zero-order valence-electron chi connectivity index (χ0n) is 13.0. The Kier molecular flexibility index (Phi) is 4.23. The average Bonchev–Trinajstić information content (AvgIpc) is 2.70. The first-order valence-electron chi connectivity index (χ1n) is 8.58. The van der Waals surface area contributed by atoms with Crippen LogP contribution in [0.4, 0.5) is 0 Å². The molecule has 0 aromatic carbocycles. The van der Waals surface area contributed by atoms with Crippen LogP contribution < -0.4 is 0 Å². The minimum Gasteiger partial charge on any atom is -0.481 e. The number of amides is 1. The van der Waals surface area contributed by atoms with E-state index in [1.165, 1.54) is 12.8 Å². The van der Waals surface area contributed by atoms with Gasteiger partial charge in [-0.1, -0.05) is 6.92 Å². The summed E-state index contributed by atoms with van der Waals surface area (Å²) in [5.41, 5.74) is 0. The Bertz CT molecular complexity index is 400. The lowest BCUT2D eigenvalue weighted by Gasteiger charge is -2.41. The SMILES string of the molecule is CC1CCC(C(=O)N2C3CCC2CC(CC(=O)O)C3)CC1. The second kappa shape index (κ2) is 5.98. The molecule has 3 fully saturated rings. The molecule has 3 aliphatic rings. The van der Waals surface area contributed by atoms with Gasteiger partial charge in [-0.2, -0.15) is 0 Å². The number of hydrogen-bond acceptors (Lipinski definition) is 2. The molecule has 2 unspecified atom stereocenters. The normalized spacial score (nSPS) is 39.3. The van der Waals surface area contributed by atoms with Gasteiger partial charge in [0.05, 0.1) is 0 Å². The van der Waals surface area contributed by atoms with Crippen molar-refractivity contribution >= 4 is 11.9 Å². The van der Waals surface area contributed by atoms with E-state index in [4.69, 9.17) is 5.11 Å². The van der Waals surface area contributed by atoms with Crippen LogP contribution in [-0.2, 0) is 9.59 Å². The molecule has 0 spiro atoms. The van der Waals surface area contributed by atoms with Crippen molar-refractivity contribution in [3.05, 3.63) is 0 Å². The molecule has 2 heterocycles. The summed E-state index contributed by atoms with van der Waals surface area (Å²) in [6, 6.07) is 0.639. The minimum atomic E-state index is -0.694. The van der Waals surface area contributed by atoms with Crippen molar-refractivity contribution in [2.45, 2.75) is 76.8 Å². The highest BCUT2D eigenvalue weighted by Crippen LogP contribution is 2.42. The van der Waals surface area contributed by atoms with Gasteiger partial charge in [0.15, 0.2) is 0 Å². The number of nitrogens with zero attached hydrogens (tertiary/aromatic N) is 1. The van der Waals surface area contributed by atoms with E-state index in [1.807, 2.05) is 0 Å². The number of carboxylic acid groups (broad SMARTS) is 1. The van der Waals surface area contributed by atoms with Gasteiger partial charge in [0, 0.05) is 24.4 Å². The quantitative estimate of drug-likeness (QED) is 0.870. The number of carboxylic acids is 1. The summed E-state index contributed by atoms with van der Waals surface area (Å²) in [6.07, 6.45) is 8.70. The number of piperidine rings is 1. The molecule has 2 aliphatic heterocycles. The van der Waals surface area contributed by atoms with Crippen molar-refractivity contribution in [3.8, 4) is 0 Å². The predicted octanol–water partition coefficient (Wildman–Crippen LogP) is 3.06. The van der Waals surface area contributed by atoms with Crippen LogP contribution >= 0.6 is 0 Å². The van der Waals surface area contributed by atoms with Crippen LogP contribution in [0.2, 0.25) is 0 Å². The summed E-state index contributed by atoms with van der Waals surface area (Å²) in [5, 5.41) is 8.98. The Morgan fingerprint density at radius 2 is 1.57 bits per heavy atom. The largest absolute Gasteiger partial charge is 0.481 e. The summed E-state index contributed by atoms with van der Waals surface area (Å²) >= 11 is 0. The first-order chi connectivity index (χ1) is 10.0. The van der Waals surface area contributed by atoms with Crippen LogP contribution in [0, 0.1) is 17.8 Å². The van der Waals surface area contributed by atoms with Crippen molar-refractivity contribution in [1.82, 2.24) is 4.90 Å². The van der Waals surface area contributed by atoms with Crippen molar-refractivity contribution in [1.29, 1.82) is 0 Å². The van der Waals surface area contributed by atoms with Gasteiger partial charge in [-0.15, -0.1) is 0 Å². The molecule has 4 heteroatoms. The van der Waals surface area contributed by atoms with Crippen LogP contribution in [0.1, 0.15) is 64.7 Å². The Morgan fingerprint density at radius 3 is 2.10 bits per heavy atom. The highest BCUT2D eigenvalue weighted by atomic mass is 16.4. The van der Waals surface area contributed by atoms with Gasteiger partial charge in [0.25, 0.3) is 0 Å². The van der Waals surface area contributed by atoms with E-state index in [2.05, 4.69) is 11.8 Å². The van der Waals surface area contributed by atoms with Gasteiger partial charge >= 0.3 is 5.97 Å². The first-order valence-corrected chi connectivity index (χ1v) is 8.58. The number of fused-ring (bicyclic) bond motifs is 2. The van der Waals surface area contributed by atoms with E-state index >= 15 is 0 Å². The molecule has 1 N–H and O–H groups in total. The van der Waals surface area contributed by atoms with Gasteiger partial charge in [-0.25, -0.2) is 0 Å². The zero-order chi connectivity index (χ0) is 15.0. The molecule has 0 radical (unpaired) electrons. The fourth-order valence-electron chi connectivity index (χ4n) is 4.78. The summed E-state index contributed by atoms with van der Waals surface area (Å²) < 4.78 is 0. The molecule has 1 aliphatic carbocycles. The molecule has 2 atom stereocenters. The minimum absolute atomic E-state index is 0.236. The second-order valence-electron chi connectivity index (χ2n) is 7.52. The molecule has 1 saturated carbocycles. The molecule has 0 aromatic rings. The molecule has 118 valence electrons. The van der Waals surface area contributed by atoms with Crippen LogP contribution in [0.3, 0.4) is 0 Å². The van der Waals surface area contributed by atoms with E-state index in [1.54, 1.807) is 0 Å². The molecule has 4 nitrogen and oxygen atoms in total. The third-order valence-electron chi connectivity index (χ3n) is 5.91. The van der Waals surface area contributed by atoms with E-state index in [9.17, 15) is 9.59 Å². The maximum atomic E-state index is 12.9. The lowest BCUT2D eigenvalue weighted by molar-refractivity contribution is -0.143. The van der Waals surface area contributed by atoms with E-state index < -0.39 is 5.97 Å². The highest BCUT2D eigenvalue weighted by Gasteiger charge is 2.45. The van der Waals surface area contributed by atoms with Crippen molar-refractivity contribution in [2.75, 3.05) is 0 Å². The Balaban J connectivity index is 1.62. The van der Waals surface area contributed by atoms with E-state index in [-0.39, 0.29) is 18.3 Å². The monoisotopic (exact) mass is 293 g/mol. The molecule has 21 heavy (non-hydrogen) atoms. The van der Waals surface area contributed by atoms with Gasteiger partial charge in [-0.3, -0.25) is 9.59 Å². The van der Waals surface area contributed by atoms with Crippen molar-refractivity contribution in [3.63, 3.8) is 0 Å². The van der Waals surface area contributed by atoms with Crippen LogP contribution in [0.25, 0.3) is 0 Å². The molecule has 0 aromatic heterocycles. The predicted molar refractivity (Wildman–Crippen MR) is 79.8 cm³/mol. The first kappa shape index (κ1) is 14.9.